The lowest BCUT2D eigenvalue weighted by Gasteiger charge is -2.09. The third-order valence-electron chi connectivity index (χ3n) is 4.47. The molecule has 3 rings (SSSR count). The largest absolute Gasteiger partial charge is 0.489 e. The van der Waals surface area contributed by atoms with E-state index in [1.807, 2.05) is 18.2 Å². The van der Waals surface area contributed by atoms with Crippen molar-refractivity contribution in [1.82, 2.24) is 0 Å². The molecule has 0 aliphatic heterocycles. The minimum Gasteiger partial charge on any atom is -0.489 e. The average Bonchev–Trinajstić information content (AvgIpc) is 3.09. The van der Waals surface area contributed by atoms with Gasteiger partial charge in [0.2, 0.25) is 0 Å². The Morgan fingerprint density at radius 1 is 1.07 bits per heavy atom. The highest BCUT2D eigenvalue weighted by Gasteiger charge is 2.29. The van der Waals surface area contributed by atoms with Gasteiger partial charge in [-0.1, -0.05) is 52.6 Å². The van der Waals surface area contributed by atoms with Crippen LogP contribution < -0.4 is 4.74 Å². The highest BCUT2D eigenvalue weighted by atomic mass is 35.5. The quantitative estimate of drug-likeness (QED) is 0.370. The van der Waals surface area contributed by atoms with Gasteiger partial charge in [0, 0.05) is 17.5 Å². The Morgan fingerprint density at radius 2 is 1.83 bits per heavy atom. The van der Waals surface area contributed by atoms with Gasteiger partial charge in [0.05, 0.1) is 11.3 Å². The normalized spacial score (nSPS) is 14.6. The van der Waals surface area contributed by atoms with E-state index in [1.54, 1.807) is 6.08 Å². The zero-order chi connectivity index (χ0) is 20.9. The maximum Gasteiger partial charge on any atom is 0.416 e. The maximum atomic E-state index is 12.6. The number of alkyl halides is 3. The fourth-order valence-corrected chi connectivity index (χ4v) is 3.17. The standard InChI is InChI=1S/C21H18Cl2F3NO2/c22-20(23)11-12-28-19-3-1-2-16-17(19)8-9-18(16)27-29-13-10-14-4-6-15(7-5-14)21(24,25)26/h1-7,11H,8-10,12-13H2/b27-18-. The van der Waals surface area contributed by atoms with Crippen molar-refractivity contribution in [3.8, 4) is 5.75 Å². The lowest BCUT2D eigenvalue weighted by molar-refractivity contribution is -0.137. The van der Waals surface area contributed by atoms with Gasteiger partial charge in [-0.15, -0.1) is 0 Å². The first-order valence-corrected chi connectivity index (χ1v) is 9.71. The Hall–Kier alpha value is -2.18. The number of benzene rings is 2. The highest BCUT2D eigenvalue weighted by Crippen LogP contribution is 2.31. The van der Waals surface area contributed by atoms with Crippen molar-refractivity contribution in [2.75, 3.05) is 13.2 Å². The fraction of sp³-hybridized carbons (Fsp3) is 0.286. The SMILES string of the molecule is FC(F)(F)c1ccc(CCO/N=C2/CCc3c(OCC=C(Cl)Cl)cccc32)cc1. The number of nitrogens with zero attached hydrogens (tertiary/aromatic N) is 1. The van der Waals surface area contributed by atoms with E-state index in [1.165, 1.54) is 12.1 Å². The Kier molecular flexibility index (Phi) is 7.09. The van der Waals surface area contributed by atoms with Gasteiger partial charge in [0.25, 0.3) is 0 Å². The molecule has 0 saturated carbocycles. The molecule has 0 spiro atoms. The van der Waals surface area contributed by atoms with Crippen molar-refractivity contribution < 1.29 is 22.7 Å². The van der Waals surface area contributed by atoms with E-state index < -0.39 is 11.7 Å². The molecule has 2 aromatic rings. The fourth-order valence-electron chi connectivity index (χ4n) is 3.04. The van der Waals surface area contributed by atoms with Crippen molar-refractivity contribution in [3.63, 3.8) is 0 Å². The van der Waals surface area contributed by atoms with Crippen LogP contribution in [0.2, 0.25) is 0 Å². The average molecular weight is 444 g/mol. The number of hydrogen-bond donors (Lipinski definition) is 0. The third kappa shape index (κ3) is 5.90. The van der Waals surface area contributed by atoms with Crippen LogP contribution in [0.25, 0.3) is 0 Å². The molecule has 0 fully saturated rings. The summed E-state index contributed by atoms with van der Waals surface area (Å²) in [6.07, 6.45) is -0.785. The van der Waals surface area contributed by atoms with E-state index in [4.69, 9.17) is 32.8 Å². The molecule has 0 radical (unpaired) electrons. The molecule has 0 bridgehead atoms. The monoisotopic (exact) mass is 443 g/mol. The second-order valence-electron chi connectivity index (χ2n) is 6.40. The first kappa shape index (κ1) is 21.5. The Morgan fingerprint density at radius 3 is 2.52 bits per heavy atom. The number of halogens is 5. The van der Waals surface area contributed by atoms with E-state index in [2.05, 4.69) is 5.16 Å². The summed E-state index contributed by atoms with van der Waals surface area (Å²) in [4.78, 5) is 5.41. The van der Waals surface area contributed by atoms with Gasteiger partial charge in [0.1, 0.15) is 23.5 Å². The second-order valence-corrected chi connectivity index (χ2v) is 7.41. The van der Waals surface area contributed by atoms with Crippen LogP contribution in [-0.4, -0.2) is 18.9 Å². The summed E-state index contributed by atoms with van der Waals surface area (Å²) in [6, 6.07) is 10.8. The summed E-state index contributed by atoms with van der Waals surface area (Å²) < 4.78 is 43.6. The van der Waals surface area contributed by atoms with E-state index in [0.29, 0.717) is 6.42 Å². The van der Waals surface area contributed by atoms with Crippen LogP contribution in [0.15, 0.2) is 58.2 Å². The minimum absolute atomic E-state index is 0.154. The van der Waals surface area contributed by atoms with Gasteiger partial charge in [-0.2, -0.15) is 13.2 Å². The molecule has 1 aliphatic rings. The van der Waals surface area contributed by atoms with Crippen LogP contribution in [0.5, 0.6) is 5.75 Å². The minimum atomic E-state index is -4.33. The Bertz CT molecular complexity index is 905. The summed E-state index contributed by atoms with van der Waals surface area (Å²) in [5.41, 5.74) is 2.94. The summed E-state index contributed by atoms with van der Waals surface area (Å²) in [5.74, 6) is 0.753. The zero-order valence-corrected chi connectivity index (χ0v) is 16.8. The summed E-state index contributed by atoms with van der Waals surface area (Å²) in [6.45, 7) is 0.550. The molecule has 0 aromatic heterocycles. The van der Waals surface area contributed by atoms with E-state index in [9.17, 15) is 13.2 Å². The number of rotatable bonds is 7. The Balaban J connectivity index is 1.56. The molecular weight excluding hydrogens is 426 g/mol. The van der Waals surface area contributed by atoms with Crippen LogP contribution >= 0.6 is 23.2 Å². The van der Waals surface area contributed by atoms with Crippen LogP contribution in [0.1, 0.15) is 28.7 Å². The van der Waals surface area contributed by atoms with Crippen LogP contribution in [0.3, 0.4) is 0 Å². The summed E-state index contributed by atoms with van der Waals surface area (Å²) in [7, 11) is 0. The molecule has 8 heteroatoms. The second kappa shape index (κ2) is 9.55. The molecule has 0 saturated heterocycles. The predicted molar refractivity (Wildman–Crippen MR) is 108 cm³/mol. The number of fused-ring (bicyclic) bond motifs is 1. The molecule has 3 nitrogen and oxygen atoms in total. The van der Waals surface area contributed by atoms with Crippen molar-refractivity contribution in [1.29, 1.82) is 0 Å². The third-order valence-corrected chi connectivity index (χ3v) is 4.78. The molecule has 154 valence electrons. The molecule has 0 heterocycles. The lowest BCUT2D eigenvalue weighted by atomic mass is 10.1. The molecule has 0 N–H and O–H groups in total. The van der Waals surface area contributed by atoms with Gasteiger partial charge < -0.3 is 9.57 Å². The van der Waals surface area contributed by atoms with E-state index in [-0.39, 0.29) is 17.7 Å². The van der Waals surface area contributed by atoms with Crippen LogP contribution in [0.4, 0.5) is 13.2 Å². The van der Waals surface area contributed by atoms with Gasteiger partial charge in [-0.25, -0.2) is 0 Å². The highest BCUT2D eigenvalue weighted by molar-refractivity contribution is 6.55. The molecule has 0 unspecified atom stereocenters. The molecule has 29 heavy (non-hydrogen) atoms. The smallest absolute Gasteiger partial charge is 0.416 e. The summed E-state index contributed by atoms with van der Waals surface area (Å²) in [5, 5.41) is 4.21. The van der Waals surface area contributed by atoms with Crippen LogP contribution in [-0.2, 0) is 23.9 Å². The lowest BCUT2D eigenvalue weighted by Crippen LogP contribution is -2.05. The first-order valence-electron chi connectivity index (χ1n) is 8.96. The van der Waals surface area contributed by atoms with Crippen molar-refractivity contribution in [2.45, 2.75) is 25.4 Å². The molecule has 2 aromatic carbocycles. The predicted octanol–water partition coefficient (Wildman–Crippen LogP) is 6.31. The topological polar surface area (TPSA) is 30.8 Å². The van der Waals surface area contributed by atoms with Gasteiger partial charge in [0.15, 0.2) is 0 Å². The van der Waals surface area contributed by atoms with Gasteiger partial charge in [-0.05, 0) is 42.7 Å². The molecule has 0 atom stereocenters. The van der Waals surface area contributed by atoms with Gasteiger partial charge >= 0.3 is 6.18 Å². The van der Waals surface area contributed by atoms with E-state index >= 15 is 0 Å². The molecular formula is C21H18Cl2F3NO2. The van der Waals surface area contributed by atoms with Crippen molar-refractivity contribution >= 4 is 28.9 Å². The number of hydrogen-bond acceptors (Lipinski definition) is 3. The molecule has 0 amide bonds. The summed E-state index contributed by atoms with van der Waals surface area (Å²) >= 11 is 11.2. The Labute approximate surface area is 176 Å². The van der Waals surface area contributed by atoms with Crippen molar-refractivity contribution in [3.05, 3.63) is 75.3 Å². The zero-order valence-electron chi connectivity index (χ0n) is 15.3. The number of oxime groups is 1. The van der Waals surface area contributed by atoms with Crippen molar-refractivity contribution in [2.24, 2.45) is 5.16 Å². The first-order chi connectivity index (χ1) is 13.8. The van der Waals surface area contributed by atoms with Gasteiger partial charge in [-0.3, -0.25) is 0 Å². The van der Waals surface area contributed by atoms with Crippen LogP contribution in [0, 0.1) is 0 Å². The van der Waals surface area contributed by atoms with E-state index in [0.717, 1.165) is 53.1 Å². The number of ether oxygens (including phenoxy) is 1. The molecule has 1 aliphatic carbocycles. The maximum absolute atomic E-state index is 12.6.